The summed E-state index contributed by atoms with van der Waals surface area (Å²) in [5.41, 5.74) is 3.51. The smallest absolute Gasteiger partial charge is 0.256 e. The summed E-state index contributed by atoms with van der Waals surface area (Å²) in [6, 6.07) is 8.44. The minimum Gasteiger partial charge on any atom is -0.332 e. The second kappa shape index (κ2) is 6.49. The van der Waals surface area contributed by atoms with Crippen LogP contribution in [0.2, 0.25) is 0 Å². The van der Waals surface area contributed by atoms with Crippen LogP contribution in [0.1, 0.15) is 52.5 Å². The molecule has 1 saturated heterocycles. The van der Waals surface area contributed by atoms with Crippen molar-refractivity contribution in [2.24, 2.45) is 0 Å². The summed E-state index contributed by atoms with van der Waals surface area (Å²) < 4.78 is 13.2. The summed E-state index contributed by atoms with van der Waals surface area (Å²) in [5.74, 6) is -0.231. The zero-order valence-electron chi connectivity index (χ0n) is 13.6. The number of likely N-dealkylation sites (tertiary alicyclic amines) is 1. The van der Waals surface area contributed by atoms with Crippen LogP contribution in [0.3, 0.4) is 0 Å². The highest BCUT2D eigenvalue weighted by atomic mass is 19.1. The first-order valence-electron chi connectivity index (χ1n) is 8.06. The maximum atomic E-state index is 13.2. The molecule has 1 atom stereocenters. The number of hydrogen-bond donors (Lipinski definition) is 0. The molecule has 0 N–H and O–H groups in total. The van der Waals surface area contributed by atoms with Gasteiger partial charge in [0.15, 0.2) is 0 Å². The van der Waals surface area contributed by atoms with Crippen molar-refractivity contribution in [3.8, 4) is 0 Å². The molecule has 0 saturated carbocycles. The second-order valence-electron chi connectivity index (χ2n) is 6.20. The van der Waals surface area contributed by atoms with Crippen LogP contribution in [-0.4, -0.2) is 22.3 Å². The molecule has 0 unspecified atom stereocenters. The highest BCUT2D eigenvalue weighted by molar-refractivity contribution is 5.95. The van der Waals surface area contributed by atoms with Crippen LogP contribution in [0.4, 0.5) is 4.39 Å². The van der Waals surface area contributed by atoms with Gasteiger partial charge in [-0.3, -0.25) is 9.78 Å². The third-order valence-corrected chi connectivity index (χ3v) is 4.50. The summed E-state index contributed by atoms with van der Waals surface area (Å²) in [5, 5.41) is 0. The molecule has 4 heteroatoms. The molecule has 1 fully saturated rings. The van der Waals surface area contributed by atoms with Gasteiger partial charge in [0.1, 0.15) is 5.82 Å². The van der Waals surface area contributed by atoms with Gasteiger partial charge in [0.05, 0.1) is 11.6 Å². The van der Waals surface area contributed by atoms with Crippen LogP contribution in [0.15, 0.2) is 36.5 Å². The summed E-state index contributed by atoms with van der Waals surface area (Å²) in [4.78, 5) is 19.2. The standard InChI is InChI=1S/C19H21FN2O/c1-13-11-14(2)21-12-17(13)19(23)22-10-4-3-5-18(22)15-6-8-16(20)9-7-15/h6-9,11-12,18H,3-5,10H2,1-2H3/t18-/m1/s1. The number of aromatic nitrogens is 1. The fraction of sp³-hybridized carbons (Fsp3) is 0.368. The number of hydrogen-bond acceptors (Lipinski definition) is 2. The number of halogens is 1. The van der Waals surface area contributed by atoms with Crippen molar-refractivity contribution < 1.29 is 9.18 Å². The van der Waals surface area contributed by atoms with Crippen molar-refractivity contribution >= 4 is 5.91 Å². The predicted molar refractivity (Wildman–Crippen MR) is 87.7 cm³/mol. The first kappa shape index (κ1) is 15.7. The van der Waals surface area contributed by atoms with E-state index in [9.17, 15) is 9.18 Å². The van der Waals surface area contributed by atoms with E-state index >= 15 is 0 Å². The fourth-order valence-corrected chi connectivity index (χ4v) is 3.28. The Kier molecular flexibility index (Phi) is 4.42. The van der Waals surface area contributed by atoms with Crippen LogP contribution >= 0.6 is 0 Å². The zero-order chi connectivity index (χ0) is 16.4. The van der Waals surface area contributed by atoms with Crippen LogP contribution in [-0.2, 0) is 0 Å². The number of pyridine rings is 1. The van der Waals surface area contributed by atoms with Crippen LogP contribution < -0.4 is 0 Å². The van der Waals surface area contributed by atoms with Crippen molar-refractivity contribution in [2.75, 3.05) is 6.54 Å². The highest BCUT2D eigenvalue weighted by Gasteiger charge is 2.29. The molecule has 0 aliphatic carbocycles. The SMILES string of the molecule is Cc1cc(C)c(C(=O)N2CCCC[C@@H]2c2ccc(F)cc2)cn1. The molecule has 23 heavy (non-hydrogen) atoms. The van der Waals surface area contributed by atoms with Crippen molar-refractivity contribution in [1.82, 2.24) is 9.88 Å². The van der Waals surface area contributed by atoms with Gasteiger partial charge in [-0.05, 0) is 62.4 Å². The molecule has 0 spiro atoms. The monoisotopic (exact) mass is 312 g/mol. The Morgan fingerprint density at radius 3 is 2.65 bits per heavy atom. The lowest BCUT2D eigenvalue weighted by Crippen LogP contribution is -2.38. The molecule has 1 aliphatic rings. The Morgan fingerprint density at radius 2 is 1.96 bits per heavy atom. The van der Waals surface area contributed by atoms with Crippen LogP contribution in [0, 0.1) is 19.7 Å². The summed E-state index contributed by atoms with van der Waals surface area (Å²) >= 11 is 0. The van der Waals surface area contributed by atoms with Gasteiger partial charge >= 0.3 is 0 Å². The average Bonchev–Trinajstić information content (AvgIpc) is 2.55. The Morgan fingerprint density at radius 1 is 1.22 bits per heavy atom. The summed E-state index contributed by atoms with van der Waals surface area (Å²) in [7, 11) is 0. The van der Waals surface area contributed by atoms with E-state index in [-0.39, 0.29) is 17.8 Å². The van der Waals surface area contributed by atoms with Gasteiger partial charge in [-0.1, -0.05) is 12.1 Å². The second-order valence-corrected chi connectivity index (χ2v) is 6.20. The number of rotatable bonds is 2. The van der Waals surface area contributed by atoms with Gasteiger partial charge in [0, 0.05) is 18.4 Å². The summed E-state index contributed by atoms with van der Waals surface area (Å²) in [6.07, 6.45) is 4.66. The molecular weight excluding hydrogens is 291 g/mol. The minimum absolute atomic E-state index is 0.0116. The number of carbonyl (C=O) groups excluding carboxylic acids is 1. The van der Waals surface area contributed by atoms with Gasteiger partial charge in [-0.15, -0.1) is 0 Å². The fourth-order valence-electron chi connectivity index (χ4n) is 3.28. The Balaban J connectivity index is 1.91. The van der Waals surface area contributed by atoms with Crippen molar-refractivity contribution in [1.29, 1.82) is 0 Å². The van der Waals surface area contributed by atoms with E-state index in [0.29, 0.717) is 5.56 Å². The third kappa shape index (κ3) is 3.26. The highest BCUT2D eigenvalue weighted by Crippen LogP contribution is 2.32. The van der Waals surface area contributed by atoms with Crippen molar-refractivity contribution in [3.05, 3.63) is 64.7 Å². The Labute approximate surface area is 136 Å². The lowest BCUT2D eigenvalue weighted by Gasteiger charge is -2.36. The maximum absolute atomic E-state index is 13.2. The molecule has 120 valence electrons. The number of benzene rings is 1. The molecule has 1 aliphatic heterocycles. The van der Waals surface area contributed by atoms with E-state index in [1.54, 1.807) is 18.3 Å². The van der Waals surface area contributed by atoms with Gasteiger partial charge < -0.3 is 4.90 Å². The Bertz CT molecular complexity index is 712. The van der Waals surface area contributed by atoms with E-state index in [0.717, 1.165) is 42.6 Å². The molecule has 0 radical (unpaired) electrons. The van der Waals surface area contributed by atoms with Crippen LogP contribution in [0.25, 0.3) is 0 Å². The van der Waals surface area contributed by atoms with Crippen molar-refractivity contribution in [3.63, 3.8) is 0 Å². The van der Waals surface area contributed by atoms with E-state index in [4.69, 9.17) is 0 Å². The quantitative estimate of drug-likeness (QED) is 0.832. The van der Waals surface area contributed by atoms with E-state index < -0.39 is 0 Å². The van der Waals surface area contributed by atoms with Crippen molar-refractivity contribution in [2.45, 2.75) is 39.2 Å². The lowest BCUT2D eigenvalue weighted by atomic mass is 9.94. The first-order chi connectivity index (χ1) is 11.1. The normalized spacial score (nSPS) is 18.0. The number of piperidine rings is 1. The van der Waals surface area contributed by atoms with Gasteiger partial charge in [0.25, 0.3) is 5.91 Å². The molecule has 0 bridgehead atoms. The number of aryl methyl sites for hydroxylation is 2. The lowest BCUT2D eigenvalue weighted by molar-refractivity contribution is 0.0610. The number of nitrogens with zero attached hydrogens (tertiary/aromatic N) is 2. The molecule has 1 amide bonds. The largest absolute Gasteiger partial charge is 0.332 e. The molecule has 3 rings (SSSR count). The van der Waals surface area contributed by atoms with E-state index in [1.165, 1.54) is 12.1 Å². The third-order valence-electron chi connectivity index (χ3n) is 4.50. The zero-order valence-corrected chi connectivity index (χ0v) is 13.6. The Hall–Kier alpha value is -2.23. The van der Waals surface area contributed by atoms with E-state index in [2.05, 4.69) is 4.98 Å². The molecule has 3 nitrogen and oxygen atoms in total. The first-order valence-corrected chi connectivity index (χ1v) is 8.06. The van der Waals surface area contributed by atoms with Gasteiger partial charge in [-0.2, -0.15) is 0 Å². The average molecular weight is 312 g/mol. The van der Waals surface area contributed by atoms with Crippen LogP contribution in [0.5, 0.6) is 0 Å². The van der Waals surface area contributed by atoms with E-state index in [1.807, 2.05) is 24.8 Å². The molecular formula is C19H21FN2O. The molecule has 1 aromatic heterocycles. The maximum Gasteiger partial charge on any atom is 0.256 e. The van der Waals surface area contributed by atoms with Gasteiger partial charge in [0.2, 0.25) is 0 Å². The molecule has 2 heterocycles. The number of carbonyl (C=O) groups is 1. The molecule has 2 aromatic rings. The summed E-state index contributed by atoms with van der Waals surface area (Å²) in [6.45, 7) is 4.59. The minimum atomic E-state index is -0.249. The molecule has 1 aromatic carbocycles. The topological polar surface area (TPSA) is 33.2 Å². The van der Waals surface area contributed by atoms with Gasteiger partial charge in [-0.25, -0.2) is 4.39 Å². The number of amides is 1. The predicted octanol–water partition coefficient (Wildman–Crippen LogP) is 4.20.